The van der Waals surface area contributed by atoms with E-state index in [2.05, 4.69) is 39.8 Å². The minimum Gasteiger partial charge on any atom is -0.466 e. The first-order chi connectivity index (χ1) is 26.4. The zero-order chi connectivity index (χ0) is 39.1. The molecule has 0 aromatic carbocycles. The second-order valence-electron chi connectivity index (χ2n) is 15.9. The minimum atomic E-state index is -0.790. The van der Waals surface area contributed by atoms with Crippen LogP contribution in [-0.4, -0.2) is 36.4 Å². The molecule has 7 heteroatoms. The van der Waals surface area contributed by atoms with Gasteiger partial charge in [0.15, 0.2) is 6.10 Å². The molecule has 0 fully saturated rings. The zero-order valence-electron chi connectivity index (χ0n) is 35.3. The average Bonchev–Trinajstić information content (AvgIpc) is 3.70. The van der Waals surface area contributed by atoms with Gasteiger partial charge in [-0.1, -0.05) is 129 Å². The number of aryl methyl sites for hydroxylation is 6. The molecule has 0 aliphatic heterocycles. The van der Waals surface area contributed by atoms with Gasteiger partial charge in [-0.15, -0.1) is 0 Å². The average molecular weight is 757 g/mol. The predicted octanol–water partition coefficient (Wildman–Crippen LogP) is 13.0. The maximum atomic E-state index is 12.3. The molecule has 1 N–H and O–H groups in total. The van der Waals surface area contributed by atoms with E-state index >= 15 is 0 Å². The topological polar surface area (TPSA) is 99.1 Å². The maximum absolute atomic E-state index is 12.3. The van der Waals surface area contributed by atoms with Gasteiger partial charge in [0.1, 0.15) is 29.6 Å². The van der Waals surface area contributed by atoms with E-state index in [0.717, 1.165) is 75.7 Å². The minimum absolute atomic E-state index is 0.0815. The second-order valence-corrected chi connectivity index (χ2v) is 15.9. The molecule has 0 aliphatic carbocycles. The van der Waals surface area contributed by atoms with Crippen molar-refractivity contribution in [3.05, 3.63) is 46.3 Å². The summed E-state index contributed by atoms with van der Waals surface area (Å²) in [6.45, 7) is 8.38. The van der Waals surface area contributed by atoms with Crippen LogP contribution in [0.25, 0.3) is 0 Å². The van der Waals surface area contributed by atoms with E-state index < -0.39 is 6.10 Å². The van der Waals surface area contributed by atoms with Gasteiger partial charge in [0, 0.05) is 38.5 Å². The highest BCUT2D eigenvalue weighted by molar-refractivity contribution is 5.70. The number of hydrogen-bond donors (Lipinski definition) is 1. The Balaban J connectivity index is 1.35. The van der Waals surface area contributed by atoms with Gasteiger partial charge in [0.25, 0.3) is 0 Å². The molecule has 2 aromatic rings. The summed E-state index contributed by atoms with van der Waals surface area (Å²) in [5.74, 6) is 4.05. The van der Waals surface area contributed by atoms with E-state index in [1.165, 1.54) is 138 Å². The molecule has 2 rings (SSSR count). The summed E-state index contributed by atoms with van der Waals surface area (Å²) in [7, 11) is 0. The predicted molar refractivity (Wildman–Crippen MR) is 221 cm³/mol. The number of esters is 2. The lowest BCUT2D eigenvalue weighted by molar-refractivity contribution is -0.161. The number of ether oxygens (including phenoxy) is 2. The maximum Gasteiger partial charge on any atom is 0.306 e. The Morgan fingerprint density at radius 1 is 0.537 bits per heavy atom. The van der Waals surface area contributed by atoms with Crippen LogP contribution in [0.2, 0.25) is 0 Å². The zero-order valence-corrected chi connectivity index (χ0v) is 35.3. The Morgan fingerprint density at radius 3 is 1.31 bits per heavy atom. The van der Waals surface area contributed by atoms with Crippen molar-refractivity contribution in [1.29, 1.82) is 0 Å². The Bertz CT molecular complexity index is 1210. The Morgan fingerprint density at radius 2 is 0.907 bits per heavy atom. The quantitative estimate of drug-likeness (QED) is 0.0546. The number of rotatable bonds is 36. The first-order valence-electron chi connectivity index (χ1n) is 22.5. The summed E-state index contributed by atoms with van der Waals surface area (Å²) in [6.07, 6.45) is 32.2. The number of unbranched alkanes of at least 4 members (excludes halogenated alkanes) is 20. The molecule has 7 nitrogen and oxygen atoms in total. The van der Waals surface area contributed by atoms with E-state index in [-0.39, 0.29) is 25.2 Å². The van der Waals surface area contributed by atoms with Gasteiger partial charge in [0.2, 0.25) is 0 Å². The molecule has 2 aromatic heterocycles. The lowest BCUT2D eigenvalue weighted by atomic mass is 10.0. The van der Waals surface area contributed by atoms with E-state index in [1.54, 1.807) is 0 Å². The molecule has 1 atom stereocenters. The van der Waals surface area contributed by atoms with Crippen LogP contribution >= 0.6 is 0 Å². The molecule has 310 valence electrons. The van der Waals surface area contributed by atoms with Crippen LogP contribution in [0, 0.1) is 13.8 Å². The Kier molecular flexibility index (Phi) is 27.9. The van der Waals surface area contributed by atoms with Crippen LogP contribution in [0.5, 0.6) is 0 Å². The number of carbonyl (C=O) groups is 2. The van der Waals surface area contributed by atoms with Crippen LogP contribution in [0.15, 0.2) is 21.0 Å². The molecule has 54 heavy (non-hydrogen) atoms. The number of aliphatic hydroxyl groups excluding tert-OH is 1. The molecule has 0 amide bonds. The number of aliphatic hydroxyl groups is 1. The molecule has 0 spiro atoms. The third-order valence-corrected chi connectivity index (χ3v) is 10.7. The third-order valence-electron chi connectivity index (χ3n) is 10.7. The van der Waals surface area contributed by atoms with E-state index in [1.807, 2.05) is 0 Å². The number of carbonyl (C=O) groups excluding carboxylic acids is 2. The molecule has 0 saturated heterocycles. The highest BCUT2D eigenvalue weighted by Crippen LogP contribution is 2.22. The van der Waals surface area contributed by atoms with E-state index in [0.29, 0.717) is 12.8 Å². The fraction of sp³-hybridized carbons (Fsp3) is 0.787. The molecular formula is C47H80O7. The molecular weight excluding hydrogens is 677 g/mol. The summed E-state index contributed by atoms with van der Waals surface area (Å²) in [5.41, 5.74) is 2.62. The van der Waals surface area contributed by atoms with Crippen molar-refractivity contribution < 1.29 is 33.0 Å². The summed E-state index contributed by atoms with van der Waals surface area (Å²) in [4.78, 5) is 24.5. The van der Waals surface area contributed by atoms with Crippen molar-refractivity contribution in [3.63, 3.8) is 0 Å². The Hall–Kier alpha value is -2.54. The van der Waals surface area contributed by atoms with Crippen molar-refractivity contribution >= 4 is 11.9 Å². The fourth-order valence-electron chi connectivity index (χ4n) is 7.23. The Labute approximate surface area is 330 Å². The fourth-order valence-corrected chi connectivity index (χ4v) is 7.23. The van der Waals surface area contributed by atoms with Crippen molar-refractivity contribution in [2.75, 3.05) is 13.2 Å². The molecule has 0 unspecified atom stereocenters. The number of hydrogen-bond acceptors (Lipinski definition) is 7. The highest BCUT2D eigenvalue weighted by atomic mass is 16.6. The van der Waals surface area contributed by atoms with Gasteiger partial charge in [-0.25, -0.2) is 0 Å². The smallest absolute Gasteiger partial charge is 0.306 e. The van der Waals surface area contributed by atoms with Gasteiger partial charge in [0.05, 0.1) is 6.61 Å². The third kappa shape index (κ3) is 23.4. The molecule has 0 radical (unpaired) electrons. The van der Waals surface area contributed by atoms with Gasteiger partial charge in [-0.3, -0.25) is 9.59 Å². The first kappa shape index (κ1) is 47.6. The molecule has 0 saturated carbocycles. The van der Waals surface area contributed by atoms with Gasteiger partial charge >= 0.3 is 11.9 Å². The van der Waals surface area contributed by atoms with Crippen molar-refractivity contribution in [2.24, 2.45) is 0 Å². The lowest BCUT2D eigenvalue weighted by Gasteiger charge is -2.15. The highest BCUT2D eigenvalue weighted by Gasteiger charge is 2.16. The molecule has 0 aliphatic rings. The van der Waals surface area contributed by atoms with Crippen molar-refractivity contribution in [3.8, 4) is 0 Å². The second kappa shape index (κ2) is 31.6. The van der Waals surface area contributed by atoms with Crippen molar-refractivity contribution in [2.45, 2.75) is 226 Å². The van der Waals surface area contributed by atoms with Crippen LogP contribution in [-0.2, 0) is 44.7 Å². The first-order valence-corrected chi connectivity index (χ1v) is 22.5. The summed E-state index contributed by atoms with van der Waals surface area (Å²) < 4.78 is 22.9. The largest absolute Gasteiger partial charge is 0.466 e. The molecule has 2 heterocycles. The van der Waals surface area contributed by atoms with Gasteiger partial charge in [-0.2, -0.15) is 0 Å². The van der Waals surface area contributed by atoms with Crippen LogP contribution in [0.1, 0.15) is 215 Å². The SMILES string of the molecule is CCCCCc1cc(C)c(CCCCCCCCCCCCC(=O)OC[C@H](CO)OC(=O)CCCCCCCCCCc2oc(CCCCC)cc2C)o1. The van der Waals surface area contributed by atoms with Crippen molar-refractivity contribution in [1.82, 2.24) is 0 Å². The van der Waals surface area contributed by atoms with Gasteiger partial charge in [-0.05, 0) is 75.6 Å². The lowest BCUT2D eigenvalue weighted by Crippen LogP contribution is -2.28. The molecule has 0 bridgehead atoms. The summed E-state index contributed by atoms with van der Waals surface area (Å²) >= 11 is 0. The summed E-state index contributed by atoms with van der Waals surface area (Å²) in [5, 5.41) is 9.63. The van der Waals surface area contributed by atoms with E-state index in [9.17, 15) is 14.7 Å². The van der Waals surface area contributed by atoms with Crippen LogP contribution in [0.3, 0.4) is 0 Å². The monoisotopic (exact) mass is 757 g/mol. The van der Waals surface area contributed by atoms with Gasteiger partial charge < -0.3 is 23.4 Å². The standard InChI is InChI=1S/C47H80O7/c1-5-7-23-29-41-35-39(3)44(52-41)31-25-19-15-11-9-10-12-17-21-27-33-46(49)51-38-43(37-48)54-47(50)34-28-22-18-14-13-16-20-26-32-45-40(4)36-42(53-45)30-24-8-6-2/h35-36,43,48H,5-34,37-38H2,1-4H3/t43-/m0/s1. The van der Waals surface area contributed by atoms with Crippen LogP contribution < -0.4 is 0 Å². The van der Waals surface area contributed by atoms with Crippen LogP contribution in [0.4, 0.5) is 0 Å². The normalized spacial score (nSPS) is 12.0. The van der Waals surface area contributed by atoms with E-state index in [4.69, 9.17) is 18.3 Å². The number of furan rings is 2. The summed E-state index contributed by atoms with van der Waals surface area (Å²) in [6, 6.07) is 4.46.